The van der Waals surface area contributed by atoms with E-state index in [1.807, 2.05) is 0 Å². The van der Waals surface area contributed by atoms with Gasteiger partial charge in [0.15, 0.2) is 5.25 Å². The minimum atomic E-state index is -4.51. The SMILES string of the molecule is O=S(=O)=C1C=Cc2ccccc2C1S(=O)(=O)O. The van der Waals surface area contributed by atoms with Crippen LogP contribution in [0.1, 0.15) is 16.4 Å². The van der Waals surface area contributed by atoms with Crippen LogP contribution < -0.4 is 0 Å². The lowest BCUT2D eigenvalue weighted by molar-refractivity contribution is 0.478. The fourth-order valence-electron chi connectivity index (χ4n) is 1.76. The number of hydrogen-bond donors (Lipinski definition) is 1. The minimum absolute atomic E-state index is 0.261. The van der Waals surface area contributed by atoms with E-state index in [4.69, 9.17) is 4.55 Å². The molecule has 1 aliphatic rings. The number of fused-ring (bicyclic) bond motifs is 1. The third-order valence-corrected chi connectivity index (χ3v) is 4.46. The van der Waals surface area contributed by atoms with Crippen LogP contribution in [0, 0.1) is 0 Å². The molecule has 0 spiro atoms. The summed E-state index contributed by atoms with van der Waals surface area (Å²) in [5.74, 6) is 0. The molecule has 1 N–H and O–H groups in total. The van der Waals surface area contributed by atoms with Crippen molar-refractivity contribution in [3.8, 4) is 0 Å². The zero-order valence-electron chi connectivity index (χ0n) is 8.44. The molecule has 0 amide bonds. The molecule has 0 fully saturated rings. The van der Waals surface area contributed by atoms with Crippen LogP contribution in [0.4, 0.5) is 0 Å². The Bertz CT molecular complexity index is 718. The molecule has 1 aromatic rings. The summed E-state index contributed by atoms with van der Waals surface area (Å²) in [6.07, 6.45) is 2.69. The molecule has 0 heterocycles. The van der Waals surface area contributed by atoms with Crippen molar-refractivity contribution < 1.29 is 21.4 Å². The first kappa shape index (κ1) is 12.0. The predicted octanol–water partition coefficient (Wildman–Crippen LogP) is 0.694. The van der Waals surface area contributed by atoms with Crippen molar-refractivity contribution in [2.45, 2.75) is 5.25 Å². The molecule has 0 saturated heterocycles. The highest BCUT2D eigenvalue weighted by atomic mass is 32.2. The Morgan fingerprint density at radius 1 is 1.12 bits per heavy atom. The van der Waals surface area contributed by atoms with Crippen molar-refractivity contribution in [1.29, 1.82) is 0 Å². The van der Waals surface area contributed by atoms with Crippen molar-refractivity contribution in [3.63, 3.8) is 0 Å². The molecular formula is C10H8O5S2. The van der Waals surface area contributed by atoms with Crippen LogP contribution in [0.15, 0.2) is 30.3 Å². The third kappa shape index (κ3) is 2.17. The Balaban J connectivity index is 2.83. The van der Waals surface area contributed by atoms with Crippen LogP contribution in [0.2, 0.25) is 0 Å². The van der Waals surface area contributed by atoms with E-state index >= 15 is 0 Å². The van der Waals surface area contributed by atoms with Gasteiger partial charge in [0.05, 0.1) is 4.86 Å². The molecule has 0 saturated carbocycles. The Kier molecular flexibility index (Phi) is 2.90. The lowest BCUT2D eigenvalue weighted by atomic mass is 9.97. The molecule has 1 aromatic carbocycles. The fourth-order valence-corrected chi connectivity index (χ4v) is 3.75. The van der Waals surface area contributed by atoms with Crippen LogP contribution in [0.25, 0.3) is 6.08 Å². The predicted molar refractivity (Wildman–Crippen MR) is 63.7 cm³/mol. The van der Waals surface area contributed by atoms with E-state index in [-0.39, 0.29) is 10.4 Å². The van der Waals surface area contributed by atoms with E-state index in [9.17, 15) is 16.8 Å². The molecule has 2 rings (SSSR count). The molecule has 1 atom stereocenters. The van der Waals surface area contributed by atoms with Gasteiger partial charge in [-0.3, -0.25) is 4.55 Å². The molecule has 17 heavy (non-hydrogen) atoms. The highest BCUT2D eigenvalue weighted by molar-refractivity contribution is 7.88. The summed E-state index contributed by atoms with van der Waals surface area (Å²) < 4.78 is 53.7. The topological polar surface area (TPSA) is 88.5 Å². The minimum Gasteiger partial charge on any atom is -0.285 e. The number of rotatable bonds is 1. The largest absolute Gasteiger partial charge is 0.285 e. The van der Waals surface area contributed by atoms with Gasteiger partial charge in [0.2, 0.25) is 10.3 Å². The molecule has 0 aliphatic heterocycles. The molecular weight excluding hydrogens is 264 g/mol. The molecule has 1 unspecified atom stereocenters. The van der Waals surface area contributed by atoms with Gasteiger partial charge < -0.3 is 0 Å². The van der Waals surface area contributed by atoms with Gasteiger partial charge in [-0.25, -0.2) is 0 Å². The smallest absolute Gasteiger partial charge is 0.277 e. The van der Waals surface area contributed by atoms with Crippen molar-refractivity contribution in [2.24, 2.45) is 0 Å². The lowest BCUT2D eigenvalue weighted by Crippen LogP contribution is -2.24. The first-order chi connectivity index (χ1) is 7.91. The highest BCUT2D eigenvalue weighted by Crippen LogP contribution is 2.31. The Morgan fingerprint density at radius 2 is 1.76 bits per heavy atom. The van der Waals surface area contributed by atoms with Gasteiger partial charge in [-0.2, -0.15) is 16.8 Å². The first-order valence-electron chi connectivity index (χ1n) is 4.60. The summed E-state index contributed by atoms with van der Waals surface area (Å²) in [7, 11) is -7.21. The maximum atomic E-state index is 11.3. The summed E-state index contributed by atoms with van der Waals surface area (Å²) in [5.41, 5.74) is 0.834. The monoisotopic (exact) mass is 272 g/mol. The molecule has 0 aromatic heterocycles. The molecule has 90 valence electrons. The van der Waals surface area contributed by atoms with E-state index in [0.29, 0.717) is 5.56 Å². The number of benzene rings is 1. The van der Waals surface area contributed by atoms with E-state index in [1.165, 1.54) is 18.2 Å². The van der Waals surface area contributed by atoms with Crippen LogP contribution in [-0.2, 0) is 20.4 Å². The standard InChI is InChI=1S/C10H8O5S2/c11-16(12)9-6-5-7-3-1-2-4-8(7)10(9)17(13,14)15/h1-6,10H,(H,13,14,15). The van der Waals surface area contributed by atoms with Crippen LogP contribution in [0.5, 0.6) is 0 Å². The van der Waals surface area contributed by atoms with Gasteiger partial charge in [-0.1, -0.05) is 30.3 Å². The van der Waals surface area contributed by atoms with Gasteiger partial charge in [0.1, 0.15) is 0 Å². The van der Waals surface area contributed by atoms with Crippen molar-refractivity contribution >= 4 is 31.4 Å². The van der Waals surface area contributed by atoms with Crippen molar-refractivity contribution in [2.75, 3.05) is 0 Å². The lowest BCUT2D eigenvalue weighted by Gasteiger charge is -2.18. The molecule has 0 radical (unpaired) electrons. The Labute approximate surface area is 99.7 Å². The van der Waals surface area contributed by atoms with Crippen molar-refractivity contribution in [1.82, 2.24) is 0 Å². The molecule has 0 bridgehead atoms. The number of allylic oxidation sites excluding steroid dienone is 1. The highest BCUT2D eigenvalue weighted by Gasteiger charge is 2.33. The van der Waals surface area contributed by atoms with Gasteiger partial charge in [0, 0.05) is 0 Å². The van der Waals surface area contributed by atoms with E-state index in [2.05, 4.69) is 0 Å². The summed E-state index contributed by atoms with van der Waals surface area (Å²) in [5, 5.41) is -1.54. The van der Waals surface area contributed by atoms with Crippen LogP contribution >= 0.6 is 0 Å². The second kappa shape index (κ2) is 4.10. The Morgan fingerprint density at radius 3 is 2.35 bits per heavy atom. The van der Waals surface area contributed by atoms with Gasteiger partial charge in [-0.05, 0) is 17.2 Å². The fraction of sp³-hybridized carbons (Fsp3) is 0.100. The first-order valence-corrected chi connectivity index (χ1v) is 7.18. The summed E-state index contributed by atoms with van der Waals surface area (Å²) in [4.78, 5) is -0.355. The Hall–Kier alpha value is -1.44. The maximum absolute atomic E-state index is 11.3. The second-order valence-corrected chi connectivity index (χ2v) is 5.94. The second-order valence-electron chi connectivity index (χ2n) is 3.49. The van der Waals surface area contributed by atoms with Gasteiger partial charge in [0.25, 0.3) is 10.1 Å². The van der Waals surface area contributed by atoms with Crippen LogP contribution in [-0.4, -0.2) is 26.3 Å². The van der Waals surface area contributed by atoms with Crippen LogP contribution in [0.3, 0.4) is 0 Å². The van der Waals surface area contributed by atoms with Crippen molar-refractivity contribution in [3.05, 3.63) is 41.5 Å². The third-order valence-electron chi connectivity index (χ3n) is 2.45. The average Bonchev–Trinajstić information content (AvgIpc) is 2.26. The van der Waals surface area contributed by atoms with E-state index < -0.39 is 25.7 Å². The summed E-state index contributed by atoms with van der Waals surface area (Å²) in [6, 6.07) is 6.41. The quantitative estimate of drug-likeness (QED) is 0.600. The molecule has 5 nitrogen and oxygen atoms in total. The van der Waals surface area contributed by atoms with Gasteiger partial charge >= 0.3 is 0 Å². The maximum Gasteiger partial charge on any atom is 0.277 e. The molecule has 7 heteroatoms. The van der Waals surface area contributed by atoms with Gasteiger partial charge in [-0.15, -0.1) is 0 Å². The van der Waals surface area contributed by atoms with E-state index in [0.717, 1.165) is 0 Å². The van der Waals surface area contributed by atoms with E-state index in [1.54, 1.807) is 18.2 Å². The number of hydrogen-bond acceptors (Lipinski definition) is 4. The average molecular weight is 272 g/mol. The summed E-state index contributed by atoms with van der Waals surface area (Å²) >= 11 is 0. The molecule has 1 aliphatic carbocycles. The summed E-state index contributed by atoms with van der Waals surface area (Å²) in [6.45, 7) is 0. The zero-order valence-corrected chi connectivity index (χ0v) is 10.1. The normalized spacial score (nSPS) is 18.9. The zero-order chi connectivity index (χ0) is 12.6.